The van der Waals surface area contributed by atoms with Gasteiger partial charge in [-0.15, -0.1) is 0 Å². The lowest BCUT2D eigenvalue weighted by Gasteiger charge is -2.29. The van der Waals surface area contributed by atoms with Crippen LogP contribution in [0.25, 0.3) is 0 Å². The molecule has 1 heterocycles. The van der Waals surface area contributed by atoms with Crippen LogP contribution < -0.4 is 19.9 Å². The van der Waals surface area contributed by atoms with Crippen molar-refractivity contribution in [2.75, 3.05) is 41.3 Å². The summed E-state index contributed by atoms with van der Waals surface area (Å²) in [6, 6.07) is 16.4. The van der Waals surface area contributed by atoms with Crippen molar-refractivity contribution >= 4 is 28.5 Å². The molecule has 0 saturated heterocycles. The van der Waals surface area contributed by atoms with Gasteiger partial charge in [-0.3, -0.25) is 4.79 Å². The van der Waals surface area contributed by atoms with Crippen molar-refractivity contribution in [2.45, 2.75) is 27.7 Å². The van der Waals surface area contributed by atoms with Gasteiger partial charge >= 0.3 is 0 Å². The number of aromatic hydroxyl groups is 1. The molecule has 2 N–H and O–H groups in total. The Hall–Kier alpha value is -3.67. The molecule has 0 amide bonds. The minimum absolute atomic E-state index is 0.125. The third-order valence-electron chi connectivity index (χ3n) is 6.16. The van der Waals surface area contributed by atoms with Gasteiger partial charge in [0, 0.05) is 55.2 Å². The summed E-state index contributed by atoms with van der Waals surface area (Å²) in [4.78, 5) is 18.0. The summed E-state index contributed by atoms with van der Waals surface area (Å²) in [5, 5.41) is 13.1. The number of rotatable bonds is 8. The van der Waals surface area contributed by atoms with Gasteiger partial charge in [0.25, 0.3) is 0 Å². The first-order chi connectivity index (χ1) is 16.0. The highest BCUT2D eigenvalue weighted by Gasteiger charge is 2.26. The number of nitrogens with one attached hydrogen (secondary N) is 1. The van der Waals surface area contributed by atoms with Crippen LogP contribution in [0.1, 0.15) is 43.6 Å². The van der Waals surface area contributed by atoms with E-state index in [1.807, 2.05) is 24.3 Å². The molecule has 0 bridgehead atoms. The smallest absolute Gasteiger partial charge is 0.195 e. The number of hydrogen-bond donors (Lipinski definition) is 2. The molecule has 1 aliphatic rings. The number of benzene rings is 3. The molecule has 0 aromatic heterocycles. The van der Waals surface area contributed by atoms with Gasteiger partial charge < -0.3 is 25.0 Å². The second-order valence-electron chi connectivity index (χ2n) is 7.99. The Balaban J connectivity index is 1.80. The molecule has 0 radical (unpaired) electrons. The molecule has 0 fully saturated rings. The third-order valence-corrected chi connectivity index (χ3v) is 6.16. The lowest BCUT2D eigenvalue weighted by Crippen LogP contribution is -2.23. The zero-order valence-corrected chi connectivity index (χ0v) is 19.7. The third kappa shape index (κ3) is 4.33. The van der Waals surface area contributed by atoms with Gasteiger partial charge in [0.1, 0.15) is 5.75 Å². The van der Waals surface area contributed by atoms with Gasteiger partial charge in [-0.05, 0) is 70.2 Å². The summed E-state index contributed by atoms with van der Waals surface area (Å²) in [6.07, 6.45) is 0. The van der Waals surface area contributed by atoms with Crippen LogP contribution in [0.3, 0.4) is 0 Å². The van der Waals surface area contributed by atoms with E-state index in [2.05, 4.69) is 48.9 Å². The Morgan fingerprint density at radius 3 is 2.06 bits per heavy atom. The number of anilines is 4. The average Bonchev–Trinajstić information content (AvgIpc) is 2.84. The summed E-state index contributed by atoms with van der Waals surface area (Å²) in [5.41, 5.74) is 4.57. The Labute approximate surface area is 195 Å². The highest BCUT2D eigenvalue weighted by Crippen LogP contribution is 2.47. The van der Waals surface area contributed by atoms with Gasteiger partial charge in [-0.2, -0.15) is 0 Å². The van der Waals surface area contributed by atoms with E-state index in [0.29, 0.717) is 22.6 Å². The first-order valence-corrected chi connectivity index (χ1v) is 11.6. The highest BCUT2D eigenvalue weighted by atomic mass is 16.5. The molecular formula is C27H31N3O3. The molecule has 6 heteroatoms. The summed E-state index contributed by atoms with van der Waals surface area (Å²) in [7, 11) is 0. The van der Waals surface area contributed by atoms with Crippen molar-refractivity contribution in [2.24, 2.45) is 0 Å². The lowest BCUT2D eigenvalue weighted by atomic mass is 9.98. The summed E-state index contributed by atoms with van der Waals surface area (Å²) in [5.74, 6) is 1.38. The number of nitrogens with zero attached hydrogens (tertiary/aromatic N) is 2. The second-order valence-corrected chi connectivity index (χ2v) is 7.99. The van der Waals surface area contributed by atoms with E-state index >= 15 is 0 Å². The molecule has 6 nitrogen and oxygen atoms in total. The van der Waals surface area contributed by atoms with Crippen molar-refractivity contribution < 1.29 is 14.6 Å². The number of phenols is 1. The van der Waals surface area contributed by atoms with E-state index in [9.17, 15) is 9.90 Å². The molecule has 3 aromatic carbocycles. The highest BCUT2D eigenvalue weighted by molar-refractivity contribution is 6.14. The van der Waals surface area contributed by atoms with Crippen molar-refractivity contribution in [3.63, 3.8) is 0 Å². The normalized spacial score (nSPS) is 11.6. The van der Waals surface area contributed by atoms with Gasteiger partial charge in [0.15, 0.2) is 17.3 Å². The number of ketones is 1. The number of ether oxygens (including phenoxy) is 1. The number of hydrogen-bond acceptors (Lipinski definition) is 6. The van der Waals surface area contributed by atoms with E-state index in [0.717, 1.165) is 49.0 Å². The van der Waals surface area contributed by atoms with Gasteiger partial charge in [0.2, 0.25) is 0 Å². The van der Waals surface area contributed by atoms with Crippen LogP contribution in [0, 0.1) is 0 Å². The van der Waals surface area contributed by atoms with Crippen molar-refractivity contribution in [3.8, 4) is 17.2 Å². The Bertz CT molecular complexity index is 1150. The van der Waals surface area contributed by atoms with Crippen LogP contribution in [0.5, 0.6) is 17.2 Å². The topological polar surface area (TPSA) is 65.0 Å². The molecule has 1 aliphatic heterocycles. The fourth-order valence-corrected chi connectivity index (χ4v) is 4.27. The maximum Gasteiger partial charge on any atom is 0.195 e. The summed E-state index contributed by atoms with van der Waals surface area (Å²) < 4.78 is 6.37. The van der Waals surface area contributed by atoms with Crippen LogP contribution in [-0.4, -0.2) is 37.1 Å². The Morgan fingerprint density at radius 1 is 0.818 bits per heavy atom. The van der Waals surface area contributed by atoms with E-state index in [1.165, 1.54) is 12.1 Å². The molecule has 0 spiro atoms. The fourth-order valence-electron chi connectivity index (χ4n) is 4.27. The second kappa shape index (κ2) is 9.45. The zero-order chi connectivity index (χ0) is 23.5. The van der Waals surface area contributed by atoms with Crippen LogP contribution in [0.4, 0.5) is 22.7 Å². The monoisotopic (exact) mass is 445 g/mol. The standard InChI is InChI=1S/C27H31N3O3/c1-5-29(6-2)19-11-14-23-24(16-19)33-25-17-20(30(7-3)8-4)15-22(26(25)28-23)27(32)18-9-12-21(31)13-10-18/h9-17,28,31H,5-8H2,1-4H3. The predicted molar refractivity (Wildman–Crippen MR) is 135 cm³/mol. The SMILES string of the molecule is CCN(CC)c1ccc2c(c1)Oc1cc(N(CC)CC)cc(C(=O)c3ccc(O)cc3)c1N2. The van der Waals surface area contributed by atoms with E-state index in [4.69, 9.17) is 4.74 Å². The average molecular weight is 446 g/mol. The summed E-state index contributed by atoms with van der Waals surface area (Å²) >= 11 is 0. The Morgan fingerprint density at radius 2 is 1.42 bits per heavy atom. The predicted octanol–water partition coefficient (Wildman–Crippen LogP) is 6.16. The summed E-state index contributed by atoms with van der Waals surface area (Å²) in [6.45, 7) is 11.9. The first kappa shape index (κ1) is 22.5. The fraction of sp³-hybridized carbons (Fsp3) is 0.296. The molecular weight excluding hydrogens is 414 g/mol. The van der Waals surface area contributed by atoms with Crippen LogP contribution in [0.15, 0.2) is 54.6 Å². The Kier molecular flexibility index (Phi) is 6.45. The first-order valence-electron chi connectivity index (χ1n) is 11.6. The quantitative estimate of drug-likeness (QED) is 0.317. The maximum absolute atomic E-state index is 13.5. The van der Waals surface area contributed by atoms with Gasteiger partial charge in [0.05, 0.1) is 16.9 Å². The van der Waals surface area contributed by atoms with Gasteiger partial charge in [-0.1, -0.05) is 0 Å². The minimum atomic E-state index is -0.125. The van der Waals surface area contributed by atoms with E-state index < -0.39 is 0 Å². The number of phenolic OH excluding ortho intramolecular Hbond substituents is 1. The van der Waals surface area contributed by atoms with Crippen molar-refractivity contribution in [1.29, 1.82) is 0 Å². The van der Waals surface area contributed by atoms with Gasteiger partial charge in [-0.25, -0.2) is 0 Å². The van der Waals surface area contributed by atoms with Crippen LogP contribution in [-0.2, 0) is 0 Å². The zero-order valence-electron chi connectivity index (χ0n) is 19.7. The largest absolute Gasteiger partial charge is 0.508 e. The molecule has 0 saturated carbocycles. The van der Waals surface area contributed by atoms with E-state index in [-0.39, 0.29) is 11.5 Å². The number of carbonyl (C=O) groups is 1. The molecule has 4 rings (SSSR count). The van der Waals surface area contributed by atoms with E-state index in [1.54, 1.807) is 12.1 Å². The maximum atomic E-state index is 13.5. The van der Waals surface area contributed by atoms with Crippen LogP contribution in [0.2, 0.25) is 0 Å². The number of carbonyl (C=O) groups excluding carboxylic acids is 1. The lowest BCUT2D eigenvalue weighted by molar-refractivity contribution is 0.103. The minimum Gasteiger partial charge on any atom is -0.508 e. The molecule has 0 atom stereocenters. The number of fused-ring (bicyclic) bond motifs is 2. The molecule has 0 unspecified atom stereocenters. The molecule has 0 aliphatic carbocycles. The van der Waals surface area contributed by atoms with Crippen molar-refractivity contribution in [1.82, 2.24) is 0 Å². The van der Waals surface area contributed by atoms with Crippen LogP contribution >= 0.6 is 0 Å². The molecule has 172 valence electrons. The van der Waals surface area contributed by atoms with Crippen molar-refractivity contribution in [3.05, 3.63) is 65.7 Å². The molecule has 33 heavy (non-hydrogen) atoms. The molecule has 3 aromatic rings.